The van der Waals surface area contributed by atoms with Crippen LogP contribution in [0.1, 0.15) is 412 Å². The van der Waals surface area contributed by atoms with E-state index in [4.69, 9.17) is 25.1 Å². The third-order valence-electron chi connectivity index (χ3n) is 27.3. The molecule has 4 aromatic carbocycles. The van der Waals surface area contributed by atoms with Crippen molar-refractivity contribution in [2.75, 3.05) is 52.3 Å². The highest BCUT2D eigenvalue weighted by Gasteiger charge is 2.35. The summed E-state index contributed by atoms with van der Waals surface area (Å²) in [6.45, 7) is 19.6. The first-order chi connectivity index (χ1) is 64.3. The van der Waals surface area contributed by atoms with Gasteiger partial charge < -0.3 is 29.8 Å². The molecule has 0 saturated carbocycles. The number of hydrogen-bond donors (Lipinski definition) is 1. The summed E-state index contributed by atoms with van der Waals surface area (Å²) in [6, 6.07) is 47.6. The molecule has 0 fully saturated rings. The number of rotatable bonds is 57. The quantitative estimate of drug-likeness (QED) is 0.0298. The van der Waals surface area contributed by atoms with Crippen molar-refractivity contribution in [3.05, 3.63) is 204 Å². The fraction of sp³-hybridized carbons (Fsp3) is 0.603. The molecule has 14 heteroatoms. The number of primary amides is 1. The monoisotopic (exact) mass is 1790 g/mol. The van der Waals surface area contributed by atoms with E-state index in [0.717, 1.165) is 110 Å². The number of pyridine rings is 2. The van der Waals surface area contributed by atoms with Gasteiger partial charge >= 0.3 is 0 Å². The Morgan fingerprint density at radius 2 is 0.838 bits per heavy atom. The first-order valence-corrected chi connectivity index (χ1v) is 54.4. The Balaban J connectivity index is 0.000000169. The summed E-state index contributed by atoms with van der Waals surface area (Å²) in [5.41, 5.74) is 19.4. The lowest BCUT2D eigenvalue weighted by molar-refractivity contribution is -0.697. The zero-order valence-corrected chi connectivity index (χ0v) is 83.2. The van der Waals surface area contributed by atoms with Crippen molar-refractivity contribution in [1.82, 2.24) is 9.55 Å². The second kappa shape index (κ2) is 63.7. The van der Waals surface area contributed by atoms with Gasteiger partial charge in [-0.2, -0.15) is 0 Å². The number of guanidine groups is 2. The van der Waals surface area contributed by atoms with Crippen molar-refractivity contribution in [1.29, 1.82) is 0 Å². The average Bonchev–Trinajstić information content (AvgIpc) is 1.59. The number of nitrogens with two attached hydrogens (primary N) is 1. The van der Waals surface area contributed by atoms with E-state index < -0.39 is 0 Å². The van der Waals surface area contributed by atoms with Gasteiger partial charge in [0.05, 0.1) is 47.0 Å². The van der Waals surface area contributed by atoms with Gasteiger partial charge in [0.25, 0.3) is 5.91 Å². The standard InChI is InChI=1S/C26H43N3.C25H33N3.C25H41N2.C21H38N.C19H20N2O2S/c1-2-3-4-5-6-7-8-9-10-11-12-13-14-17-22-28-24-19-15-16-20-25(24)29-23-18-21-27-26(28)29;1-2-3-4-5-6-7-11-21-14-16-22(17-15-21)20-28-24-13-9-8-12-23(24)27-19-10-18-26-25(27)28;1-2-3-4-5-6-7-8-9-10-11-12-13-14-18-21-26-22-23-27(24-26)25-19-16-15-17-20-25;1-2-3-4-5-6-7-8-9-10-11-12-13-14-16-19-22-20-17-15-18-21-22;1-11-15-16(14-9-6-10-23-14)12-7-4-2-3-5-8-13(12)21-19(15)24-17(11)18(20)22/h15-16,19-20H,2-14,17-18,21-23H2,1H3;8-9,12-17H,2-7,10-11,18-20H2,1H3;15-17,19-20,22-24H,2-14,18,21H2,1H3;15,17-18,20-21H,2-14,16,19H2,1H3;6,9-10H,2-5,7-8H2,1H3,(H2,20,22)/q;;2*+1;. The second-order valence-corrected chi connectivity index (χ2v) is 39.1. The molecule has 9 heterocycles. The van der Waals surface area contributed by atoms with Gasteiger partial charge in [-0.15, -0.1) is 11.3 Å². The number of aryl methyl sites for hydroxylation is 5. The van der Waals surface area contributed by atoms with Gasteiger partial charge in [0, 0.05) is 67.9 Å². The molecule has 0 atom stereocenters. The molecule has 0 radical (unpaired) electrons. The smallest absolute Gasteiger partial charge is 0.259 e. The molecule has 710 valence electrons. The van der Waals surface area contributed by atoms with Crippen molar-refractivity contribution >= 4 is 62.1 Å². The molecule has 1 aliphatic carbocycles. The number of hydrogen-bond acceptors (Lipinski definition) is 10. The summed E-state index contributed by atoms with van der Waals surface area (Å²) in [7, 11) is 0. The highest BCUT2D eigenvalue weighted by molar-refractivity contribution is 7.20. The third-order valence-corrected chi connectivity index (χ3v) is 28.5. The molecule has 0 unspecified atom stereocenters. The van der Waals surface area contributed by atoms with Crippen molar-refractivity contribution in [3.8, 4) is 17.0 Å². The van der Waals surface area contributed by atoms with Gasteiger partial charge in [-0.25, -0.2) is 18.7 Å². The maximum Gasteiger partial charge on any atom is 0.259 e. The number of nitrogens with zero attached hydrogens (tertiary/aromatic N) is 10. The lowest BCUT2D eigenvalue weighted by atomic mass is 9.90. The largest absolute Gasteiger partial charge is 0.464 e. The highest BCUT2D eigenvalue weighted by atomic mass is 32.1. The first kappa shape index (κ1) is 104. The summed E-state index contributed by atoms with van der Waals surface area (Å²) >= 11 is 1.40. The minimum absolute atomic E-state index is 0.381. The van der Waals surface area contributed by atoms with Crippen LogP contribution in [0.25, 0.3) is 27.2 Å². The molecule has 1 amide bonds. The fourth-order valence-electron chi connectivity index (χ4n) is 19.7. The van der Waals surface area contributed by atoms with E-state index in [1.807, 2.05) is 19.1 Å². The Morgan fingerprint density at radius 1 is 0.415 bits per heavy atom. The molecule has 0 bridgehead atoms. The van der Waals surface area contributed by atoms with Crippen LogP contribution < -0.4 is 34.5 Å². The highest BCUT2D eigenvalue weighted by Crippen LogP contribution is 2.44. The van der Waals surface area contributed by atoms with E-state index in [1.165, 1.54) is 409 Å². The molecule has 2 N–H and O–H groups in total. The van der Waals surface area contributed by atoms with Crippen molar-refractivity contribution in [2.45, 2.75) is 420 Å². The van der Waals surface area contributed by atoms with Crippen LogP contribution >= 0.6 is 11.3 Å². The summed E-state index contributed by atoms with van der Waals surface area (Å²) in [4.78, 5) is 37.6. The SMILES string of the molecule is CCCCCCCCCCCCCCCCN1C2=NCCCN2c2ccccc21.CCCCCCCCCCCCCCCC[n+]1ccccc1.CCCCCCCCCCCCCCCC[n+]1ccn(-c2ccccc2)c1.CCCCCCCCc1ccc(CN2C3=NCCCN3c3ccccc32)cc1.Cc1c(C(N)=O)sc2nc3c(c(-c4ccco4)c12)CCCCCC3. The maximum atomic E-state index is 11.8. The molecule has 4 aliphatic heterocycles. The van der Waals surface area contributed by atoms with E-state index in [1.54, 1.807) is 6.26 Å². The molecule has 5 aromatic heterocycles. The van der Waals surface area contributed by atoms with Gasteiger partial charge in [0.1, 0.15) is 35.2 Å². The molecular formula is C116H175N11O2S+2. The first-order valence-electron chi connectivity index (χ1n) is 53.6. The van der Waals surface area contributed by atoms with E-state index in [2.05, 4.69) is 213 Å². The lowest BCUT2D eigenvalue weighted by Crippen LogP contribution is -2.42. The topological polar surface area (TPSA) is 119 Å². The predicted octanol–water partition coefficient (Wildman–Crippen LogP) is 32.1. The lowest BCUT2D eigenvalue weighted by Gasteiger charge is -2.27. The summed E-state index contributed by atoms with van der Waals surface area (Å²) in [5.74, 6) is 2.81. The Kier molecular flexibility index (Phi) is 50.8. The molecule has 0 saturated heterocycles. The molecule has 0 spiro atoms. The van der Waals surface area contributed by atoms with Gasteiger partial charge in [0.2, 0.25) is 18.2 Å². The van der Waals surface area contributed by atoms with Crippen molar-refractivity contribution < 1.29 is 18.3 Å². The maximum absolute atomic E-state index is 11.8. The third kappa shape index (κ3) is 36.6. The van der Waals surface area contributed by atoms with Crippen LogP contribution in [-0.2, 0) is 38.9 Å². The van der Waals surface area contributed by atoms with Gasteiger partial charge in [-0.3, -0.25) is 14.8 Å². The van der Waals surface area contributed by atoms with E-state index >= 15 is 0 Å². The van der Waals surface area contributed by atoms with Gasteiger partial charge in [0.15, 0.2) is 12.4 Å². The number of amides is 1. The second-order valence-electron chi connectivity index (χ2n) is 38.1. The number of fused-ring (bicyclic) bond motifs is 8. The number of imidazole rings is 1. The molecule has 5 aliphatic rings. The van der Waals surface area contributed by atoms with Crippen LogP contribution in [0, 0.1) is 6.92 Å². The zero-order valence-electron chi connectivity index (χ0n) is 82.4. The van der Waals surface area contributed by atoms with E-state index in [-0.39, 0.29) is 5.91 Å². The fourth-order valence-corrected chi connectivity index (χ4v) is 20.7. The average molecular weight is 1790 g/mol. The van der Waals surface area contributed by atoms with Crippen LogP contribution in [0.5, 0.6) is 0 Å². The molecule has 14 rings (SSSR count). The summed E-state index contributed by atoms with van der Waals surface area (Å²) < 4.78 is 12.6. The number of furan rings is 1. The molecular weight excluding hydrogens is 1610 g/mol. The van der Waals surface area contributed by atoms with Gasteiger partial charge in [-0.1, -0.05) is 383 Å². The summed E-state index contributed by atoms with van der Waals surface area (Å²) in [6.07, 6.45) is 90.9. The van der Waals surface area contributed by atoms with E-state index in [0.29, 0.717) is 4.88 Å². The van der Waals surface area contributed by atoms with Crippen LogP contribution in [0.3, 0.4) is 0 Å². The van der Waals surface area contributed by atoms with Crippen LogP contribution in [0.4, 0.5) is 22.7 Å². The number of anilines is 4. The normalized spacial score (nSPS) is 13.7. The Bertz CT molecular complexity index is 4510. The number of carbonyl (C=O) groups is 1. The van der Waals surface area contributed by atoms with Crippen molar-refractivity contribution in [2.24, 2.45) is 15.7 Å². The number of unbranched alkanes of at least 4 members (excludes halogenated alkanes) is 44. The minimum atomic E-state index is -0.381. The number of thiophene rings is 1. The van der Waals surface area contributed by atoms with Crippen molar-refractivity contribution in [3.63, 3.8) is 0 Å². The van der Waals surface area contributed by atoms with Crippen LogP contribution in [0.2, 0.25) is 0 Å². The van der Waals surface area contributed by atoms with Gasteiger partial charge in [-0.05, 0) is 155 Å². The Hall–Kier alpha value is -8.36. The number of para-hydroxylation sites is 5. The predicted molar refractivity (Wildman–Crippen MR) is 558 cm³/mol. The van der Waals surface area contributed by atoms with Crippen LogP contribution in [0.15, 0.2) is 185 Å². The molecule has 13 nitrogen and oxygen atoms in total. The van der Waals surface area contributed by atoms with E-state index in [9.17, 15) is 4.79 Å². The molecule has 9 aromatic rings. The molecule has 130 heavy (non-hydrogen) atoms. The number of aliphatic imine (C=N–C) groups is 2. The zero-order chi connectivity index (χ0) is 90.7. The number of benzene rings is 4. The minimum Gasteiger partial charge on any atom is -0.464 e. The Labute approximate surface area is 793 Å². The number of aromatic nitrogens is 4. The van der Waals surface area contributed by atoms with Crippen LogP contribution in [-0.4, -0.2) is 60.1 Å². The number of carbonyl (C=O) groups excluding carboxylic acids is 1. The summed E-state index contributed by atoms with van der Waals surface area (Å²) in [5, 5.41) is 1.03. The Morgan fingerprint density at radius 3 is 1.32 bits per heavy atom.